The van der Waals surface area contributed by atoms with Crippen LogP contribution in [0, 0.1) is 0 Å². The highest BCUT2D eigenvalue weighted by Crippen LogP contribution is 2.32. The molecule has 29 heavy (non-hydrogen) atoms. The largest absolute Gasteiger partial charge is 0.493 e. The lowest BCUT2D eigenvalue weighted by Crippen LogP contribution is -1.98. The molecule has 0 aliphatic rings. The molecule has 0 N–H and O–H groups in total. The fourth-order valence-electron chi connectivity index (χ4n) is 2.73. The van der Waals surface area contributed by atoms with Crippen molar-refractivity contribution < 1.29 is 23.5 Å². The SMILES string of the molecule is CCOc1ccc(C=Cc2nc(-c3ccc(OC)c(OC)c3)no2)cc1OCC. The number of hydrogen-bond donors (Lipinski definition) is 0. The van der Waals surface area contributed by atoms with Gasteiger partial charge in [0.2, 0.25) is 5.82 Å². The van der Waals surface area contributed by atoms with Gasteiger partial charge < -0.3 is 23.5 Å². The van der Waals surface area contributed by atoms with Crippen molar-refractivity contribution in [2.45, 2.75) is 13.8 Å². The Hall–Kier alpha value is -3.48. The molecule has 0 amide bonds. The third kappa shape index (κ3) is 4.87. The lowest BCUT2D eigenvalue weighted by Gasteiger charge is -2.11. The average Bonchev–Trinajstić information content (AvgIpc) is 3.22. The van der Waals surface area contributed by atoms with Crippen LogP contribution in [0.2, 0.25) is 0 Å². The van der Waals surface area contributed by atoms with E-state index in [1.165, 1.54) is 0 Å². The molecule has 0 bridgehead atoms. The van der Waals surface area contributed by atoms with E-state index < -0.39 is 0 Å². The number of benzene rings is 2. The van der Waals surface area contributed by atoms with Crippen molar-refractivity contribution in [2.75, 3.05) is 27.4 Å². The molecule has 3 aromatic rings. The van der Waals surface area contributed by atoms with Gasteiger partial charge in [-0.3, -0.25) is 0 Å². The second-order valence-electron chi connectivity index (χ2n) is 5.93. The molecule has 7 heteroatoms. The number of nitrogens with zero attached hydrogens (tertiary/aromatic N) is 2. The van der Waals surface area contributed by atoms with E-state index in [-0.39, 0.29) is 0 Å². The molecule has 1 heterocycles. The van der Waals surface area contributed by atoms with Gasteiger partial charge in [0.1, 0.15) is 0 Å². The quantitative estimate of drug-likeness (QED) is 0.518. The normalized spacial score (nSPS) is 10.9. The van der Waals surface area contributed by atoms with Crippen LogP contribution >= 0.6 is 0 Å². The van der Waals surface area contributed by atoms with Gasteiger partial charge in [-0.2, -0.15) is 4.98 Å². The van der Waals surface area contributed by atoms with Crippen LogP contribution in [-0.2, 0) is 0 Å². The van der Waals surface area contributed by atoms with Crippen molar-refractivity contribution in [1.29, 1.82) is 0 Å². The van der Waals surface area contributed by atoms with Gasteiger partial charge in [-0.25, -0.2) is 0 Å². The lowest BCUT2D eigenvalue weighted by molar-refractivity contribution is 0.287. The molecule has 0 fully saturated rings. The summed E-state index contributed by atoms with van der Waals surface area (Å²) in [7, 11) is 3.17. The fourth-order valence-corrected chi connectivity index (χ4v) is 2.73. The second kappa shape index (κ2) is 9.64. The van der Waals surface area contributed by atoms with Crippen LogP contribution < -0.4 is 18.9 Å². The van der Waals surface area contributed by atoms with Gasteiger partial charge in [-0.05, 0) is 55.8 Å². The third-order valence-corrected chi connectivity index (χ3v) is 4.07. The van der Waals surface area contributed by atoms with Crippen molar-refractivity contribution in [3.63, 3.8) is 0 Å². The van der Waals surface area contributed by atoms with Crippen LogP contribution in [0.25, 0.3) is 23.5 Å². The predicted molar refractivity (Wildman–Crippen MR) is 111 cm³/mol. The maximum Gasteiger partial charge on any atom is 0.250 e. The Balaban J connectivity index is 1.79. The highest BCUT2D eigenvalue weighted by molar-refractivity contribution is 5.69. The maximum atomic E-state index is 5.65. The Kier molecular flexibility index (Phi) is 6.73. The van der Waals surface area contributed by atoms with Crippen LogP contribution in [-0.4, -0.2) is 37.6 Å². The van der Waals surface area contributed by atoms with Crippen molar-refractivity contribution in [3.8, 4) is 34.4 Å². The van der Waals surface area contributed by atoms with Crippen LogP contribution in [0.5, 0.6) is 23.0 Å². The molecule has 0 atom stereocenters. The summed E-state index contributed by atoms with van der Waals surface area (Å²) in [5.41, 5.74) is 1.70. The topological polar surface area (TPSA) is 75.8 Å². The lowest BCUT2D eigenvalue weighted by atomic mass is 10.2. The molecule has 1 aromatic heterocycles. The molecular weight excluding hydrogens is 372 g/mol. The van der Waals surface area contributed by atoms with Crippen LogP contribution in [0.1, 0.15) is 25.3 Å². The van der Waals surface area contributed by atoms with E-state index in [1.54, 1.807) is 32.4 Å². The summed E-state index contributed by atoms with van der Waals surface area (Å²) < 4.78 is 27.1. The van der Waals surface area contributed by atoms with Gasteiger partial charge in [-0.15, -0.1) is 0 Å². The van der Waals surface area contributed by atoms with Gasteiger partial charge in [-0.1, -0.05) is 11.2 Å². The van der Waals surface area contributed by atoms with E-state index in [1.807, 2.05) is 44.2 Å². The summed E-state index contributed by atoms with van der Waals surface area (Å²) in [4.78, 5) is 4.42. The van der Waals surface area contributed by atoms with Gasteiger partial charge in [0.05, 0.1) is 27.4 Å². The van der Waals surface area contributed by atoms with Crippen molar-refractivity contribution in [1.82, 2.24) is 10.1 Å². The van der Waals surface area contributed by atoms with E-state index >= 15 is 0 Å². The van der Waals surface area contributed by atoms with Gasteiger partial charge in [0.25, 0.3) is 5.89 Å². The smallest absolute Gasteiger partial charge is 0.250 e. The standard InChI is InChI=1S/C22H24N2O5/c1-5-27-18-10-7-15(13-20(18)28-6-2)8-12-21-23-22(24-29-21)16-9-11-17(25-3)19(14-16)26-4/h7-14H,5-6H2,1-4H3. The van der Waals surface area contributed by atoms with Crippen LogP contribution in [0.4, 0.5) is 0 Å². The van der Waals surface area contributed by atoms with Crippen molar-refractivity contribution >= 4 is 12.2 Å². The molecule has 2 aromatic carbocycles. The number of ether oxygens (including phenoxy) is 4. The van der Waals surface area contributed by atoms with Gasteiger partial charge in [0, 0.05) is 11.6 Å². The zero-order chi connectivity index (χ0) is 20.6. The maximum absolute atomic E-state index is 5.65. The highest BCUT2D eigenvalue weighted by atomic mass is 16.5. The molecule has 0 aliphatic heterocycles. The minimum atomic E-state index is 0.390. The van der Waals surface area contributed by atoms with E-state index in [0.29, 0.717) is 42.2 Å². The zero-order valence-electron chi connectivity index (χ0n) is 17.0. The molecule has 0 aliphatic carbocycles. The van der Waals surface area contributed by atoms with Gasteiger partial charge in [0.15, 0.2) is 23.0 Å². The Bertz CT molecular complexity index is 981. The highest BCUT2D eigenvalue weighted by Gasteiger charge is 2.11. The Labute approximate surface area is 169 Å². The minimum absolute atomic E-state index is 0.390. The summed E-state index contributed by atoms with van der Waals surface area (Å²) in [5.74, 6) is 3.52. The molecule has 0 saturated heterocycles. The van der Waals surface area contributed by atoms with E-state index in [2.05, 4.69) is 10.1 Å². The first-order valence-electron chi connectivity index (χ1n) is 9.32. The van der Waals surface area contributed by atoms with E-state index in [9.17, 15) is 0 Å². The summed E-state index contributed by atoms with van der Waals surface area (Å²) >= 11 is 0. The minimum Gasteiger partial charge on any atom is -0.493 e. The number of aromatic nitrogens is 2. The van der Waals surface area contributed by atoms with E-state index in [4.69, 9.17) is 23.5 Å². The predicted octanol–water partition coefficient (Wildman–Crippen LogP) is 4.72. The first kappa shape index (κ1) is 20.3. The molecule has 0 unspecified atom stereocenters. The molecule has 0 saturated carbocycles. The van der Waals surface area contributed by atoms with Crippen LogP contribution in [0.15, 0.2) is 40.9 Å². The van der Waals surface area contributed by atoms with Gasteiger partial charge >= 0.3 is 0 Å². The fraction of sp³-hybridized carbons (Fsp3) is 0.273. The Morgan fingerprint density at radius 3 is 2.28 bits per heavy atom. The second-order valence-corrected chi connectivity index (χ2v) is 5.93. The summed E-state index contributed by atoms with van der Waals surface area (Å²) in [6, 6.07) is 11.2. The monoisotopic (exact) mass is 396 g/mol. The molecule has 7 nitrogen and oxygen atoms in total. The average molecular weight is 396 g/mol. The van der Waals surface area contributed by atoms with Crippen molar-refractivity contribution in [3.05, 3.63) is 47.9 Å². The first-order valence-corrected chi connectivity index (χ1v) is 9.32. The molecule has 0 spiro atoms. The molecule has 3 rings (SSSR count). The number of rotatable bonds is 9. The summed E-state index contributed by atoms with van der Waals surface area (Å²) in [5, 5.41) is 4.04. The number of hydrogen-bond acceptors (Lipinski definition) is 7. The Morgan fingerprint density at radius 1 is 0.828 bits per heavy atom. The van der Waals surface area contributed by atoms with Crippen molar-refractivity contribution in [2.24, 2.45) is 0 Å². The van der Waals surface area contributed by atoms with Crippen LogP contribution in [0.3, 0.4) is 0 Å². The zero-order valence-corrected chi connectivity index (χ0v) is 17.0. The molecule has 0 radical (unpaired) electrons. The number of methoxy groups -OCH3 is 2. The first-order chi connectivity index (χ1) is 14.2. The summed E-state index contributed by atoms with van der Waals surface area (Å²) in [6.45, 7) is 5.02. The molecular formula is C22H24N2O5. The third-order valence-electron chi connectivity index (χ3n) is 4.07. The Morgan fingerprint density at radius 2 is 1.55 bits per heavy atom. The molecule has 152 valence electrons. The summed E-state index contributed by atoms with van der Waals surface area (Å²) in [6.07, 6.45) is 3.63. The van der Waals surface area contributed by atoms with E-state index in [0.717, 1.165) is 16.9 Å².